The van der Waals surface area contributed by atoms with Crippen LogP contribution in [-0.2, 0) is 18.0 Å². The number of nitrogen functional groups attached to an aromatic ring is 1. The van der Waals surface area contributed by atoms with E-state index in [1.165, 1.54) is 12.1 Å². The van der Waals surface area contributed by atoms with Gasteiger partial charge in [0.15, 0.2) is 0 Å². The number of nitrogens with zero attached hydrogens (tertiary/aromatic N) is 4. The molecular formula is C24H22F3N5O2. The van der Waals surface area contributed by atoms with E-state index >= 15 is 0 Å². The second-order valence-electron chi connectivity index (χ2n) is 8.42. The highest BCUT2D eigenvalue weighted by molar-refractivity contribution is 6.10. The Bertz CT molecular complexity index is 1410. The maximum atomic E-state index is 13.7. The molecule has 2 aromatic carbocycles. The lowest BCUT2D eigenvalue weighted by Crippen LogP contribution is -2.43. The van der Waals surface area contributed by atoms with Gasteiger partial charge in [-0.1, -0.05) is 12.1 Å². The molecule has 1 saturated heterocycles. The van der Waals surface area contributed by atoms with Gasteiger partial charge in [-0.05, 0) is 42.3 Å². The molecule has 3 heterocycles. The quantitative estimate of drug-likeness (QED) is 0.475. The molecule has 7 nitrogen and oxygen atoms in total. The van der Waals surface area contributed by atoms with Gasteiger partial charge in [0.25, 0.3) is 5.91 Å². The third-order valence-electron chi connectivity index (χ3n) is 6.30. The van der Waals surface area contributed by atoms with Crippen LogP contribution in [-0.4, -0.2) is 45.3 Å². The predicted octanol–water partition coefficient (Wildman–Crippen LogP) is 4.24. The molecule has 1 aliphatic heterocycles. The number of aromatic nitrogens is 3. The minimum Gasteiger partial charge on any atom is -0.383 e. The highest BCUT2D eigenvalue weighted by atomic mass is 19.4. The van der Waals surface area contributed by atoms with Gasteiger partial charge in [0.1, 0.15) is 5.82 Å². The molecule has 34 heavy (non-hydrogen) atoms. The lowest BCUT2D eigenvalue weighted by molar-refractivity contribution is -0.137. The molecule has 0 aliphatic carbocycles. The smallest absolute Gasteiger partial charge is 0.383 e. The first-order chi connectivity index (χ1) is 16.1. The normalized spacial score (nSPS) is 17.0. The van der Waals surface area contributed by atoms with Crippen molar-refractivity contribution in [3.63, 3.8) is 0 Å². The van der Waals surface area contributed by atoms with Crippen LogP contribution in [0.2, 0.25) is 0 Å². The average molecular weight is 469 g/mol. The fourth-order valence-corrected chi connectivity index (χ4v) is 4.51. The molecule has 2 aromatic heterocycles. The molecule has 1 aliphatic rings. The molecular weight excluding hydrogens is 447 g/mol. The van der Waals surface area contributed by atoms with Gasteiger partial charge in [0.2, 0.25) is 0 Å². The Labute approximate surface area is 192 Å². The van der Waals surface area contributed by atoms with E-state index in [1.54, 1.807) is 28.9 Å². The Hall–Kier alpha value is -3.66. The summed E-state index contributed by atoms with van der Waals surface area (Å²) in [6.45, 7) is 2.70. The number of morpholine rings is 1. The van der Waals surface area contributed by atoms with Gasteiger partial charge < -0.3 is 15.4 Å². The molecule has 176 valence electrons. The number of nitrogens with two attached hydrogens (primary N) is 1. The van der Waals surface area contributed by atoms with E-state index < -0.39 is 17.8 Å². The van der Waals surface area contributed by atoms with Crippen molar-refractivity contribution in [1.82, 2.24) is 19.7 Å². The fourth-order valence-electron chi connectivity index (χ4n) is 4.51. The minimum absolute atomic E-state index is 0.202. The monoisotopic (exact) mass is 469 g/mol. The van der Waals surface area contributed by atoms with E-state index in [1.807, 2.05) is 13.0 Å². The Balaban J connectivity index is 1.56. The number of benzene rings is 2. The number of halogens is 3. The van der Waals surface area contributed by atoms with Gasteiger partial charge >= 0.3 is 6.18 Å². The highest BCUT2D eigenvalue weighted by Crippen LogP contribution is 2.34. The summed E-state index contributed by atoms with van der Waals surface area (Å²) in [5, 5.41) is 5.72. The zero-order valence-corrected chi connectivity index (χ0v) is 18.6. The average Bonchev–Trinajstić information content (AvgIpc) is 3.20. The molecule has 0 saturated carbocycles. The summed E-state index contributed by atoms with van der Waals surface area (Å²) in [5.41, 5.74) is 8.59. The van der Waals surface area contributed by atoms with E-state index in [0.717, 1.165) is 28.6 Å². The Kier molecular flexibility index (Phi) is 5.20. The van der Waals surface area contributed by atoms with E-state index in [9.17, 15) is 18.0 Å². The number of rotatable bonds is 2. The van der Waals surface area contributed by atoms with Gasteiger partial charge in [-0.3, -0.25) is 9.48 Å². The maximum absolute atomic E-state index is 13.7. The number of aryl methyl sites for hydroxylation is 2. The van der Waals surface area contributed by atoms with Crippen molar-refractivity contribution in [2.24, 2.45) is 7.05 Å². The molecule has 1 amide bonds. The standard InChI is InChI=1S/C24H22F3N5O2/c1-13-9-19-17(21-18(22(28)30-19)11-29-31(21)2)10-16(13)23(33)32-7-8-34-12-20(32)14-3-5-15(6-4-14)24(25,26)27/h3-6,9-11,20H,7-8,12H2,1-2H3,(H2,28,30)/t20-/m1/s1. The van der Waals surface area contributed by atoms with Crippen LogP contribution in [0, 0.1) is 6.92 Å². The Morgan fingerprint density at radius 1 is 1.18 bits per heavy atom. The Morgan fingerprint density at radius 3 is 2.62 bits per heavy atom. The molecule has 0 bridgehead atoms. The molecule has 0 radical (unpaired) electrons. The number of carbonyl (C=O) groups excluding carboxylic acids is 1. The van der Waals surface area contributed by atoms with Crippen molar-refractivity contribution in [3.05, 3.63) is 64.8 Å². The zero-order chi connectivity index (χ0) is 24.2. The largest absolute Gasteiger partial charge is 0.416 e. The number of hydrogen-bond acceptors (Lipinski definition) is 5. The first-order valence-corrected chi connectivity index (χ1v) is 10.7. The second kappa shape index (κ2) is 7.98. The molecule has 4 aromatic rings. The van der Waals surface area contributed by atoms with Crippen molar-refractivity contribution < 1.29 is 22.7 Å². The van der Waals surface area contributed by atoms with Crippen LogP contribution < -0.4 is 5.73 Å². The van der Waals surface area contributed by atoms with Gasteiger partial charge in [0, 0.05) is 24.5 Å². The van der Waals surface area contributed by atoms with Crippen LogP contribution in [0.5, 0.6) is 0 Å². The summed E-state index contributed by atoms with van der Waals surface area (Å²) < 4.78 is 46.2. The molecule has 10 heteroatoms. The Morgan fingerprint density at radius 2 is 1.91 bits per heavy atom. The van der Waals surface area contributed by atoms with Crippen molar-refractivity contribution in [3.8, 4) is 0 Å². The topological polar surface area (TPSA) is 86.3 Å². The third-order valence-corrected chi connectivity index (χ3v) is 6.30. The number of fused-ring (bicyclic) bond motifs is 3. The highest BCUT2D eigenvalue weighted by Gasteiger charge is 2.33. The van der Waals surface area contributed by atoms with Crippen LogP contribution in [0.4, 0.5) is 19.0 Å². The second-order valence-corrected chi connectivity index (χ2v) is 8.42. The SMILES string of the molecule is Cc1cc2nc(N)c3cnn(C)c3c2cc1C(=O)N1CCOC[C@@H]1c1ccc(C(F)(F)F)cc1. The van der Waals surface area contributed by atoms with E-state index in [4.69, 9.17) is 10.5 Å². The third kappa shape index (κ3) is 3.63. The lowest BCUT2D eigenvalue weighted by atomic mass is 9.99. The molecule has 1 fully saturated rings. The lowest BCUT2D eigenvalue weighted by Gasteiger charge is -2.36. The van der Waals surface area contributed by atoms with Crippen molar-refractivity contribution in [1.29, 1.82) is 0 Å². The van der Waals surface area contributed by atoms with Crippen LogP contribution in [0.3, 0.4) is 0 Å². The summed E-state index contributed by atoms with van der Waals surface area (Å²) in [7, 11) is 1.80. The first-order valence-electron chi connectivity index (χ1n) is 10.7. The van der Waals surface area contributed by atoms with Gasteiger partial charge in [-0.25, -0.2) is 4.98 Å². The van der Waals surface area contributed by atoms with Gasteiger partial charge in [-0.15, -0.1) is 0 Å². The number of anilines is 1. The molecule has 0 spiro atoms. The molecule has 5 rings (SSSR count). The van der Waals surface area contributed by atoms with E-state index in [-0.39, 0.29) is 12.5 Å². The van der Waals surface area contributed by atoms with Gasteiger partial charge in [0.05, 0.1) is 47.4 Å². The number of pyridine rings is 1. The number of hydrogen-bond donors (Lipinski definition) is 1. The van der Waals surface area contributed by atoms with Crippen molar-refractivity contribution >= 4 is 33.5 Å². The van der Waals surface area contributed by atoms with Crippen molar-refractivity contribution in [2.45, 2.75) is 19.1 Å². The summed E-state index contributed by atoms with van der Waals surface area (Å²) in [6.07, 6.45) is -2.78. The number of ether oxygens (including phenoxy) is 1. The van der Waals surface area contributed by atoms with Crippen molar-refractivity contribution in [2.75, 3.05) is 25.5 Å². The maximum Gasteiger partial charge on any atom is 0.416 e. The van der Waals surface area contributed by atoms with E-state index in [2.05, 4.69) is 10.1 Å². The van der Waals surface area contributed by atoms with Crippen LogP contribution in [0.15, 0.2) is 42.6 Å². The number of carbonyl (C=O) groups is 1. The summed E-state index contributed by atoms with van der Waals surface area (Å²) in [4.78, 5) is 19.9. The molecule has 2 N–H and O–H groups in total. The number of alkyl halides is 3. The van der Waals surface area contributed by atoms with E-state index in [0.29, 0.717) is 41.0 Å². The predicted molar refractivity (Wildman–Crippen MR) is 121 cm³/mol. The summed E-state index contributed by atoms with van der Waals surface area (Å²) in [6, 6.07) is 7.98. The van der Waals surface area contributed by atoms with Crippen LogP contribution in [0.1, 0.15) is 33.1 Å². The fraction of sp³-hybridized carbons (Fsp3) is 0.292. The minimum atomic E-state index is -4.42. The number of amides is 1. The summed E-state index contributed by atoms with van der Waals surface area (Å²) >= 11 is 0. The van der Waals surface area contributed by atoms with Gasteiger partial charge in [-0.2, -0.15) is 18.3 Å². The molecule has 1 atom stereocenters. The first kappa shape index (κ1) is 22.1. The summed E-state index contributed by atoms with van der Waals surface area (Å²) in [5.74, 6) is 0.143. The van der Waals surface area contributed by atoms with Crippen LogP contribution in [0.25, 0.3) is 21.8 Å². The molecule has 0 unspecified atom stereocenters. The zero-order valence-electron chi connectivity index (χ0n) is 18.6. The van der Waals surface area contributed by atoms with Crippen LogP contribution >= 0.6 is 0 Å².